The molecular formula is C13H30Sn. The van der Waals surface area contributed by atoms with Crippen LogP contribution in [0.4, 0.5) is 0 Å². The van der Waals surface area contributed by atoms with Crippen molar-refractivity contribution in [1.82, 2.24) is 0 Å². The van der Waals surface area contributed by atoms with Crippen LogP contribution in [-0.2, 0) is 0 Å². The van der Waals surface area contributed by atoms with Gasteiger partial charge in [-0.25, -0.2) is 0 Å². The van der Waals surface area contributed by atoms with Crippen molar-refractivity contribution in [3.8, 4) is 0 Å². The van der Waals surface area contributed by atoms with Crippen LogP contribution in [0, 0.1) is 5.92 Å². The molecule has 0 amide bonds. The molecule has 0 radical (unpaired) electrons. The molecule has 0 aromatic heterocycles. The normalized spacial score (nSPS) is 12.4. The maximum atomic E-state index is 2.42. The fourth-order valence-electron chi connectivity index (χ4n) is 3.14. The average molecular weight is 305 g/mol. The summed E-state index contributed by atoms with van der Waals surface area (Å²) in [6.45, 7) is 12.0. The zero-order chi connectivity index (χ0) is 11.0. The van der Waals surface area contributed by atoms with Crippen molar-refractivity contribution in [3.63, 3.8) is 0 Å². The fraction of sp³-hybridized carbons (Fsp3) is 1.00. The molecule has 0 N–H and O–H groups in total. The first-order valence-electron chi connectivity index (χ1n) is 6.60. The molecule has 0 aliphatic rings. The predicted octanol–water partition coefficient (Wildman–Crippen LogP) is 5.32. The van der Waals surface area contributed by atoms with E-state index in [1.165, 1.54) is 19.3 Å². The Labute approximate surface area is 95.7 Å². The number of rotatable bonds is 8. The monoisotopic (exact) mass is 306 g/mol. The third-order valence-electron chi connectivity index (χ3n) is 3.18. The van der Waals surface area contributed by atoms with Crippen LogP contribution >= 0.6 is 0 Å². The summed E-state index contributed by atoms with van der Waals surface area (Å²) in [6, 6.07) is 0. The molecule has 0 aliphatic carbocycles. The van der Waals surface area contributed by atoms with Gasteiger partial charge in [-0.05, 0) is 0 Å². The molecular weight excluding hydrogens is 275 g/mol. The third kappa shape index (κ3) is 5.62. The van der Waals surface area contributed by atoms with Gasteiger partial charge in [0.2, 0.25) is 0 Å². The van der Waals surface area contributed by atoms with Gasteiger partial charge in [-0.1, -0.05) is 0 Å². The van der Waals surface area contributed by atoms with Crippen LogP contribution < -0.4 is 0 Å². The summed E-state index contributed by atoms with van der Waals surface area (Å²) < 4.78 is 6.59. The zero-order valence-electron chi connectivity index (χ0n) is 11.0. The zero-order valence-corrected chi connectivity index (χ0v) is 13.9. The maximum absolute atomic E-state index is 2.42. The van der Waals surface area contributed by atoms with Crippen molar-refractivity contribution < 1.29 is 0 Å². The van der Waals surface area contributed by atoms with Gasteiger partial charge >= 0.3 is 95.9 Å². The van der Waals surface area contributed by atoms with E-state index in [9.17, 15) is 0 Å². The SMILES string of the molecule is CC[CH2][Sn]([CH2]CC)([CH2]CC)[CH2]C(C)C. The van der Waals surface area contributed by atoms with Crippen LogP contribution in [0.25, 0.3) is 0 Å². The second-order valence-corrected chi connectivity index (χ2v) is 19.4. The van der Waals surface area contributed by atoms with Gasteiger partial charge < -0.3 is 0 Å². The minimum atomic E-state index is -1.64. The topological polar surface area (TPSA) is 0 Å². The van der Waals surface area contributed by atoms with E-state index in [1.807, 2.05) is 0 Å². The Balaban J connectivity index is 4.37. The van der Waals surface area contributed by atoms with Gasteiger partial charge in [0.25, 0.3) is 0 Å². The Bertz CT molecular complexity index is 112. The van der Waals surface area contributed by atoms with Gasteiger partial charge in [0.05, 0.1) is 0 Å². The van der Waals surface area contributed by atoms with Crippen molar-refractivity contribution in [3.05, 3.63) is 0 Å². The number of hydrogen-bond donors (Lipinski definition) is 0. The third-order valence-corrected chi connectivity index (χ3v) is 21.3. The van der Waals surface area contributed by atoms with Crippen LogP contribution in [0.5, 0.6) is 0 Å². The van der Waals surface area contributed by atoms with E-state index >= 15 is 0 Å². The summed E-state index contributed by atoms with van der Waals surface area (Å²) in [4.78, 5) is 0. The molecule has 0 aromatic rings. The van der Waals surface area contributed by atoms with E-state index in [4.69, 9.17) is 0 Å². The number of hydrogen-bond acceptors (Lipinski definition) is 0. The Morgan fingerprint density at radius 1 is 0.786 bits per heavy atom. The molecule has 0 atom stereocenters. The molecule has 0 unspecified atom stereocenters. The first kappa shape index (κ1) is 14.8. The summed E-state index contributed by atoms with van der Waals surface area (Å²) in [6.07, 6.45) is 4.34. The molecule has 0 aromatic carbocycles. The van der Waals surface area contributed by atoms with Crippen molar-refractivity contribution in [2.75, 3.05) is 0 Å². The van der Waals surface area contributed by atoms with Crippen molar-refractivity contribution in [2.24, 2.45) is 5.92 Å². The molecule has 0 spiro atoms. The molecule has 86 valence electrons. The summed E-state index contributed by atoms with van der Waals surface area (Å²) in [5, 5.41) is 0. The van der Waals surface area contributed by atoms with Gasteiger partial charge in [0.15, 0.2) is 0 Å². The summed E-state index contributed by atoms with van der Waals surface area (Å²) in [7, 11) is 0. The van der Waals surface area contributed by atoms with Gasteiger partial charge in [-0.3, -0.25) is 0 Å². The summed E-state index contributed by atoms with van der Waals surface area (Å²) >= 11 is -1.64. The van der Waals surface area contributed by atoms with E-state index in [0.29, 0.717) is 0 Å². The Hall–Kier alpha value is 0.799. The molecule has 1 heteroatoms. The minimum absolute atomic E-state index is 0.954. The van der Waals surface area contributed by atoms with Crippen LogP contribution in [0.2, 0.25) is 17.7 Å². The molecule has 0 rings (SSSR count). The van der Waals surface area contributed by atoms with E-state index in [1.54, 1.807) is 17.7 Å². The van der Waals surface area contributed by atoms with E-state index in [2.05, 4.69) is 34.6 Å². The predicted molar refractivity (Wildman–Crippen MR) is 70.7 cm³/mol. The molecule has 0 bridgehead atoms. The first-order chi connectivity index (χ1) is 6.60. The Morgan fingerprint density at radius 2 is 1.14 bits per heavy atom. The van der Waals surface area contributed by atoms with Crippen LogP contribution in [0.3, 0.4) is 0 Å². The molecule has 14 heavy (non-hydrogen) atoms. The standard InChI is InChI=1S/C4H9.3C3H7.Sn/c1-4(2)3;3*1-3-2;/h4H,1H2,2-3H3;3*1,3H2,2H3;. The van der Waals surface area contributed by atoms with Crippen LogP contribution in [0.1, 0.15) is 53.9 Å². The molecule has 0 heterocycles. The molecule has 0 saturated carbocycles. The quantitative estimate of drug-likeness (QED) is 0.532. The van der Waals surface area contributed by atoms with E-state index in [-0.39, 0.29) is 0 Å². The van der Waals surface area contributed by atoms with Gasteiger partial charge in [0.1, 0.15) is 0 Å². The van der Waals surface area contributed by atoms with E-state index in [0.717, 1.165) is 5.92 Å². The van der Waals surface area contributed by atoms with E-state index < -0.39 is 18.4 Å². The summed E-state index contributed by atoms with van der Waals surface area (Å²) in [5.74, 6) is 0.954. The Kier molecular flexibility index (Phi) is 8.47. The second-order valence-electron chi connectivity index (χ2n) is 5.35. The molecule has 0 saturated heterocycles. The Morgan fingerprint density at radius 3 is 1.36 bits per heavy atom. The van der Waals surface area contributed by atoms with Crippen LogP contribution in [0.15, 0.2) is 0 Å². The van der Waals surface area contributed by atoms with Crippen molar-refractivity contribution >= 4 is 18.4 Å². The fourth-order valence-corrected chi connectivity index (χ4v) is 21.1. The van der Waals surface area contributed by atoms with Gasteiger partial charge in [-0.15, -0.1) is 0 Å². The molecule has 0 nitrogen and oxygen atoms in total. The molecule has 0 aliphatic heterocycles. The van der Waals surface area contributed by atoms with Crippen molar-refractivity contribution in [2.45, 2.75) is 71.6 Å². The van der Waals surface area contributed by atoms with Crippen LogP contribution in [-0.4, -0.2) is 18.4 Å². The summed E-state index contributed by atoms with van der Waals surface area (Å²) in [5.41, 5.74) is 0. The van der Waals surface area contributed by atoms with Gasteiger partial charge in [0, 0.05) is 0 Å². The van der Waals surface area contributed by atoms with Crippen molar-refractivity contribution in [1.29, 1.82) is 0 Å². The second kappa shape index (κ2) is 8.01. The molecule has 0 fully saturated rings. The average Bonchev–Trinajstić information content (AvgIpc) is 2.03. The first-order valence-corrected chi connectivity index (χ1v) is 14.7. The van der Waals surface area contributed by atoms with Gasteiger partial charge in [-0.2, -0.15) is 0 Å².